The van der Waals surface area contributed by atoms with Crippen molar-refractivity contribution in [1.29, 1.82) is 5.26 Å². The molecule has 1 fully saturated rings. The summed E-state index contributed by atoms with van der Waals surface area (Å²) >= 11 is 0. The third-order valence-corrected chi connectivity index (χ3v) is 3.04. The van der Waals surface area contributed by atoms with Crippen LogP contribution in [-0.2, 0) is 38.0 Å². The van der Waals surface area contributed by atoms with Crippen LogP contribution in [-0.4, -0.2) is 90.9 Å². The van der Waals surface area contributed by atoms with Gasteiger partial charge in [-0.1, -0.05) is 0 Å². The van der Waals surface area contributed by atoms with Crippen LogP contribution < -0.4 is 0 Å². The summed E-state index contributed by atoms with van der Waals surface area (Å²) in [6.45, 7) is 5.49. The molecule has 0 amide bonds. The highest BCUT2D eigenvalue weighted by Gasteiger charge is 2.23. The Bertz CT molecular complexity index is 369. The van der Waals surface area contributed by atoms with Crippen molar-refractivity contribution in [2.24, 2.45) is 0 Å². The number of hydrogen-bond donors (Lipinski definition) is 0. The average Bonchev–Trinajstić information content (AvgIpc) is 2.61. The average molecular weight is 361 g/mol. The highest BCUT2D eigenvalue weighted by molar-refractivity contribution is 5.75. The van der Waals surface area contributed by atoms with Crippen LogP contribution in [0.4, 0.5) is 0 Å². The Balaban J connectivity index is 2.39. The predicted octanol–water partition coefficient (Wildman–Crippen LogP) is -0.0765. The topological polar surface area (TPSA) is 105 Å². The van der Waals surface area contributed by atoms with Gasteiger partial charge in [0.25, 0.3) is 0 Å². The number of rotatable bonds is 2. The van der Waals surface area contributed by atoms with E-state index in [9.17, 15) is 4.79 Å². The number of esters is 1. The van der Waals surface area contributed by atoms with Crippen molar-refractivity contribution in [3.05, 3.63) is 0 Å². The maximum absolute atomic E-state index is 12.0. The van der Waals surface area contributed by atoms with Crippen molar-refractivity contribution < 1.29 is 38.0 Å². The van der Waals surface area contributed by atoms with Crippen molar-refractivity contribution in [1.82, 2.24) is 0 Å². The van der Waals surface area contributed by atoms with Crippen LogP contribution in [0.5, 0.6) is 0 Å². The molecule has 25 heavy (non-hydrogen) atoms. The van der Waals surface area contributed by atoms with Gasteiger partial charge in [-0.3, -0.25) is 0 Å². The first kappa shape index (κ1) is 21.8. The molecule has 1 aliphatic heterocycles. The molecule has 0 bridgehead atoms. The zero-order chi connectivity index (χ0) is 18.2. The molecule has 0 spiro atoms. The smallest absolute Gasteiger partial charge is 0.338 e. The summed E-state index contributed by atoms with van der Waals surface area (Å²) in [4.78, 5) is 12.0. The Hall–Kier alpha value is -1.28. The van der Waals surface area contributed by atoms with E-state index < -0.39 is 18.2 Å². The third-order valence-electron chi connectivity index (χ3n) is 3.04. The Morgan fingerprint density at radius 3 is 1.80 bits per heavy atom. The molecule has 0 aromatic rings. The quantitative estimate of drug-likeness (QED) is 0.625. The minimum Gasteiger partial charge on any atom is -0.445 e. The van der Waals surface area contributed by atoms with Gasteiger partial charge in [-0.2, -0.15) is 5.26 Å². The summed E-state index contributed by atoms with van der Waals surface area (Å²) in [5.74, 6) is -0.638. The molecule has 1 rings (SSSR count). The number of nitrogens with zero attached hydrogens (tertiary/aromatic N) is 1. The Morgan fingerprint density at radius 1 is 0.880 bits per heavy atom. The second kappa shape index (κ2) is 15.0. The minimum atomic E-state index is -0.919. The lowest BCUT2D eigenvalue weighted by atomic mass is 10.3. The highest BCUT2D eigenvalue weighted by Crippen LogP contribution is 2.01. The molecule has 0 radical (unpaired) electrons. The van der Waals surface area contributed by atoms with Gasteiger partial charge in [0.1, 0.15) is 6.07 Å². The Kier molecular flexibility index (Phi) is 13.1. The van der Waals surface area contributed by atoms with E-state index in [2.05, 4.69) is 0 Å². The van der Waals surface area contributed by atoms with Crippen LogP contribution >= 0.6 is 0 Å². The van der Waals surface area contributed by atoms with Gasteiger partial charge in [0.15, 0.2) is 12.2 Å². The molecule has 1 aliphatic rings. The summed E-state index contributed by atoms with van der Waals surface area (Å²) in [7, 11) is 0. The van der Waals surface area contributed by atoms with E-state index in [0.717, 1.165) is 0 Å². The molecular weight excluding hydrogens is 334 g/mol. The van der Waals surface area contributed by atoms with E-state index in [1.165, 1.54) is 6.92 Å². The van der Waals surface area contributed by atoms with Gasteiger partial charge >= 0.3 is 5.97 Å². The molecule has 2 unspecified atom stereocenters. The van der Waals surface area contributed by atoms with Gasteiger partial charge in [-0.25, -0.2) is 4.79 Å². The normalized spacial score (nSPS) is 24.2. The number of hydrogen-bond acceptors (Lipinski definition) is 9. The van der Waals surface area contributed by atoms with E-state index >= 15 is 0 Å². The molecule has 1 saturated heterocycles. The lowest BCUT2D eigenvalue weighted by Gasteiger charge is -2.18. The maximum atomic E-state index is 12.0. The van der Waals surface area contributed by atoms with Crippen molar-refractivity contribution in [2.45, 2.75) is 19.1 Å². The maximum Gasteiger partial charge on any atom is 0.338 e. The molecule has 2 atom stereocenters. The molecule has 0 saturated carbocycles. The van der Waals surface area contributed by atoms with Crippen LogP contribution in [0.3, 0.4) is 0 Å². The van der Waals surface area contributed by atoms with Crippen LogP contribution in [0.15, 0.2) is 0 Å². The van der Waals surface area contributed by atoms with Crippen molar-refractivity contribution >= 4 is 5.97 Å². The summed E-state index contributed by atoms with van der Waals surface area (Å²) in [5.41, 5.74) is 0. The molecule has 144 valence electrons. The zero-order valence-electron chi connectivity index (χ0n) is 14.6. The number of nitriles is 1. The minimum absolute atomic E-state index is 0.0138. The van der Waals surface area contributed by atoms with Gasteiger partial charge < -0.3 is 33.2 Å². The molecule has 0 aliphatic carbocycles. The fourth-order valence-corrected chi connectivity index (χ4v) is 1.78. The molecule has 0 aromatic carbocycles. The van der Waals surface area contributed by atoms with E-state index in [1.54, 1.807) is 0 Å². The Morgan fingerprint density at radius 2 is 1.32 bits per heavy atom. The van der Waals surface area contributed by atoms with E-state index in [1.807, 2.05) is 6.07 Å². The fraction of sp³-hybridized carbons (Fsp3) is 0.875. The molecule has 1 heterocycles. The lowest BCUT2D eigenvalue weighted by molar-refractivity contribution is -0.165. The van der Waals surface area contributed by atoms with Crippen molar-refractivity contribution in [3.63, 3.8) is 0 Å². The van der Waals surface area contributed by atoms with E-state index in [0.29, 0.717) is 59.5 Å². The van der Waals surface area contributed by atoms with Gasteiger partial charge in [-0.05, 0) is 6.92 Å². The molecule has 0 N–H and O–H groups in total. The van der Waals surface area contributed by atoms with Crippen LogP contribution in [0.2, 0.25) is 0 Å². The third kappa shape index (κ3) is 11.8. The fourth-order valence-electron chi connectivity index (χ4n) is 1.78. The first-order valence-corrected chi connectivity index (χ1v) is 8.34. The molecule has 9 nitrogen and oxygen atoms in total. The number of ether oxygens (including phenoxy) is 7. The van der Waals surface area contributed by atoms with Crippen LogP contribution in [0.1, 0.15) is 6.92 Å². The van der Waals surface area contributed by atoms with Crippen molar-refractivity contribution in [2.75, 3.05) is 72.7 Å². The molecular formula is C16H27NO8. The van der Waals surface area contributed by atoms with Gasteiger partial charge in [0, 0.05) is 0 Å². The molecule has 0 aromatic heterocycles. The number of carbonyl (C=O) groups excluding carboxylic acids is 1. The highest BCUT2D eigenvalue weighted by atomic mass is 16.6. The van der Waals surface area contributed by atoms with Gasteiger partial charge in [0.2, 0.25) is 0 Å². The van der Waals surface area contributed by atoms with E-state index in [4.69, 9.17) is 38.4 Å². The first-order valence-electron chi connectivity index (χ1n) is 8.34. The lowest BCUT2D eigenvalue weighted by Crippen LogP contribution is -2.34. The van der Waals surface area contributed by atoms with Crippen LogP contribution in [0.25, 0.3) is 0 Å². The standard InChI is InChI=1S/C16H27NO8/c1-14(12-17)25-16(18)15-13-23-9-8-21-5-4-19-2-3-20-6-7-22-10-11-24-15/h14-15H,2-11,13H2,1H3. The second-order valence-electron chi connectivity index (χ2n) is 5.09. The predicted molar refractivity (Wildman–Crippen MR) is 85.0 cm³/mol. The largest absolute Gasteiger partial charge is 0.445 e. The van der Waals surface area contributed by atoms with Gasteiger partial charge in [0.05, 0.1) is 72.7 Å². The molecule has 9 heteroatoms. The summed E-state index contributed by atoms with van der Waals surface area (Å²) in [6.07, 6.45) is -1.77. The monoisotopic (exact) mass is 361 g/mol. The second-order valence-corrected chi connectivity index (χ2v) is 5.09. The zero-order valence-corrected chi connectivity index (χ0v) is 14.6. The summed E-state index contributed by atoms with van der Waals surface area (Å²) in [5, 5.41) is 8.73. The van der Waals surface area contributed by atoms with E-state index in [-0.39, 0.29) is 13.2 Å². The summed E-state index contributed by atoms with van der Waals surface area (Å²) in [6, 6.07) is 1.83. The SMILES string of the molecule is CC(C#N)OC(=O)C1COCCOCCOCCOCCOCCO1. The number of carbonyl (C=O) groups is 1. The summed E-state index contributed by atoms with van der Waals surface area (Å²) < 4.78 is 37.2. The first-order chi connectivity index (χ1) is 12.2. The Labute approximate surface area is 148 Å². The van der Waals surface area contributed by atoms with Crippen LogP contribution in [0, 0.1) is 11.3 Å². The van der Waals surface area contributed by atoms with Crippen molar-refractivity contribution in [3.8, 4) is 6.07 Å². The van der Waals surface area contributed by atoms with Gasteiger partial charge in [-0.15, -0.1) is 0 Å².